The number of hydrogen-bond acceptors (Lipinski definition) is 3. The Morgan fingerprint density at radius 1 is 1.35 bits per heavy atom. The third-order valence-corrected chi connectivity index (χ3v) is 3.99. The molecule has 0 saturated carbocycles. The van der Waals surface area contributed by atoms with Gasteiger partial charge in [-0.05, 0) is 31.5 Å². The smallest absolute Gasteiger partial charge is 0.160 e. The van der Waals surface area contributed by atoms with Crippen molar-refractivity contribution in [3.8, 4) is 0 Å². The molecule has 4 nitrogen and oxygen atoms in total. The van der Waals surface area contributed by atoms with Gasteiger partial charge in [0.2, 0.25) is 0 Å². The van der Waals surface area contributed by atoms with Gasteiger partial charge in [0.25, 0.3) is 0 Å². The fourth-order valence-electron chi connectivity index (χ4n) is 3.00. The summed E-state index contributed by atoms with van der Waals surface area (Å²) in [6.45, 7) is 8.77. The molecule has 1 N–H and O–H groups in total. The lowest BCUT2D eigenvalue weighted by Gasteiger charge is -2.27. The SMILES string of the molecule is CC(C)(C)c1nc2cccnc2n1CC1CCCCN1. The lowest BCUT2D eigenvalue weighted by atomic mass is 9.95. The Hall–Kier alpha value is -1.42. The van der Waals surface area contributed by atoms with Crippen molar-refractivity contribution in [3.05, 3.63) is 24.2 Å². The van der Waals surface area contributed by atoms with E-state index in [0.29, 0.717) is 6.04 Å². The molecular weight excluding hydrogens is 248 g/mol. The van der Waals surface area contributed by atoms with Gasteiger partial charge in [0.1, 0.15) is 11.3 Å². The van der Waals surface area contributed by atoms with E-state index in [2.05, 4.69) is 41.7 Å². The summed E-state index contributed by atoms with van der Waals surface area (Å²) < 4.78 is 2.32. The van der Waals surface area contributed by atoms with Crippen molar-refractivity contribution >= 4 is 11.2 Å². The van der Waals surface area contributed by atoms with Crippen molar-refractivity contribution in [2.75, 3.05) is 6.54 Å². The van der Waals surface area contributed by atoms with Crippen LogP contribution < -0.4 is 5.32 Å². The highest BCUT2D eigenvalue weighted by molar-refractivity contribution is 5.71. The molecule has 1 atom stereocenters. The van der Waals surface area contributed by atoms with E-state index in [1.807, 2.05) is 12.3 Å². The third kappa shape index (κ3) is 2.57. The maximum absolute atomic E-state index is 4.82. The van der Waals surface area contributed by atoms with E-state index in [0.717, 1.165) is 30.1 Å². The normalized spacial score (nSPS) is 20.4. The lowest BCUT2D eigenvalue weighted by Crippen LogP contribution is -2.38. The first kappa shape index (κ1) is 13.6. The van der Waals surface area contributed by atoms with Crippen molar-refractivity contribution in [2.45, 2.75) is 58.0 Å². The van der Waals surface area contributed by atoms with Crippen LogP contribution in [0.1, 0.15) is 45.9 Å². The Bertz CT molecular complexity index is 588. The number of pyridine rings is 1. The van der Waals surface area contributed by atoms with Crippen LogP contribution in [0, 0.1) is 0 Å². The Balaban J connectivity index is 2.01. The maximum Gasteiger partial charge on any atom is 0.160 e. The first-order chi connectivity index (χ1) is 9.55. The molecule has 1 unspecified atom stereocenters. The number of nitrogens with zero attached hydrogens (tertiary/aromatic N) is 3. The average molecular weight is 272 g/mol. The van der Waals surface area contributed by atoms with Crippen LogP contribution >= 0.6 is 0 Å². The zero-order valence-electron chi connectivity index (χ0n) is 12.7. The molecule has 0 bridgehead atoms. The van der Waals surface area contributed by atoms with Crippen LogP contribution in [-0.2, 0) is 12.0 Å². The average Bonchev–Trinajstić information content (AvgIpc) is 2.79. The van der Waals surface area contributed by atoms with E-state index in [9.17, 15) is 0 Å². The molecule has 3 heterocycles. The first-order valence-electron chi connectivity index (χ1n) is 7.61. The molecule has 20 heavy (non-hydrogen) atoms. The zero-order chi connectivity index (χ0) is 14.2. The Labute approximate surface area is 120 Å². The van der Waals surface area contributed by atoms with Crippen LogP contribution in [0.4, 0.5) is 0 Å². The van der Waals surface area contributed by atoms with E-state index in [4.69, 9.17) is 4.98 Å². The topological polar surface area (TPSA) is 42.7 Å². The van der Waals surface area contributed by atoms with Gasteiger partial charge in [-0.3, -0.25) is 0 Å². The Morgan fingerprint density at radius 3 is 2.90 bits per heavy atom. The van der Waals surface area contributed by atoms with Crippen molar-refractivity contribution < 1.29 is 0 Å². The monoisotopic (exact) mass is 272 g/mol. The number of hydrogen-bond donors (Lipinski definition) is 1. The highest BCUT2D eigenvalue weighted by atomic mass is 15.2. The van der Waals surface area contributed by atoms with E-state index < -0.39 is 0 Å². The van der Waals surface area contributed by atoms with Gasteiger partial charge >= 0.3 is 0 Å². The number of piperidine rings is 1. The molecule has 0 amide bonds. The van der Waals surface area contributed by atoms with Gasteiger partial charge in [0.15, 0.2) is 5.65 Å². The summed E-state index contributed by atoms with van der Waals surface area (Å²) in [5.74, 6) is 1.14. The second-order valence-electron chi connectivity index (χ2n) is 6.79. The van der Waals surface area contributed by atoms with Gasteiger partial charge in [-0.15, -0.1) is 0 Å². The molecule has 1 aliphatic rings. The molecule has 1 saturated heterocycles. The summed E-state index contributed by atoms with van der Waals surface area (Å²) in [6.07, 6.45) is 5.73. The fourth-order valence-corrected chi connectivity index (χ4v) is 3.00. The quantitative estimate of drug-likeness (QED) is 0.914. The summed E-state index contributed by atoms with van der Waals surface area (Å²) in [7, 11) is 0. The molecule has 3 rings (SSSR count). The minimum Gasteiger partial charge on any atom is -0.312 e. The van der Waals surface area contributed by atoms with Crippen LogP contribution in [0.2, 0.25) is 0 Å². The van der Waals surface area contributed by atoms with Gasteiger partial charge in [-0.1, -0.05) is 27.2 Å². The van der Waals surface area contributed by atoms with Gasteiger partial charge in [-0.2, -0.15) is 0 Å². The van der Waals surface area contributed by atoms with Gasteiger partial charge in [0.05, 0.1) is 0 Å². The summed E-state index contributed by atoms with van der Waals surface area (Å²) in [4.78, 5) is 9.38. The summed E-state index contributed by atoms with van der Waals surface area (Å²) in [6, 6.07) is 4.57. The number of rotatable bonds is 2. The van der Waals surface area contributed by atoms with E-state index in [-0.39, 0.29) is 5.41 Å². The Morgan fingerprint density at radius 2 is 2.20 bits per heavy atom. The highest BCUT2D eigenvalue weighted by Gasteiger charge is 2.25. The summed E-state index contributed by atoms with van der Waals surface area (Å²) in [5, 5.41) is 3.62. The minimum atomic E-state index is 0.0371. The molecule has 0 spiro atoms. The van der Waals surface area contributed by atoms with E-state index >= 15 is 0 Å². The predicted molar refractivity (Wildman–Crippen MR) is 81.9 cm³/mol. The molecular formula is C16H24N4. The molecule has 1 aliphatic heterocycles. The second kappa shape index (κ2) is 5.17. The van der Waals surface area contributed by atoms with Crippen LogP contribution in [-0.4, -0.2) is 27.1 Å². The number of nitrogens with one attached hydrogen (secondary N) is 1. The maximum atomic E-state index is 4.82. The van der Waals surface area contributed by atoms with Gasteiger partial charge in [0, 0.05) is 24.2 Å². The molecule has 0 aliphatic carbocycles. The standard InChI is InChI=1S/C16H24N4/c1-16(2,3)15-19-13-8-6-10-18-14(13)20(15)11-12-7-4-5-9-17-12/h6,8,10,12,17H,4-5,7,9,11H2,1-3H3. The number of fused-ring (bicyclic) bond motifs is 1. The number of aromatic nitrogens is 3. The molecule has 4 heteroatoms. The molecule has 2 aromatic heterocycles. The molecule has 108 valence electrons. The summed E-state index contributed by atoms with van der Waals surface area (Å²) in [5.41, 5.74) is 2.06. The molecule has 0 radical (unpaired) electrons. The molecule has 2 aromatic rings. The second-order valence-corrected chi connectivity index (χ2v) is 6.79. The van der Waals surface area contributed by atoms with Crippen LogP contribution in [0.15, 0.2) is 18.3 Å². The van der Waals surface area contributed by atoms with Crippen molar-refractivity contribution in [1.29, 1.82) is 0 Å². The highest BCUT2D eigenvalue weighted by Crippen LogP contribution is 2.26. The van der Waals surface area contributed by atoms with Crippen molar-refractivity contribution in [3.63, 3.8) is 0 Å². The van der Waals surface area contributed by atoms with Gasteiger partial charge in [-0.25, -0.2) is 9.97 Å². The lowest BCUT2D eigenvalue weighted by molar-refractivity contribution is 0.354. The Kier molecular flexibility index (Phi) is 3.50. The van der Waals surface area contributed by atoms with Crippen LogP contribution in [0.3, 0.4) is 0 Å². The first-order valence-corrected chi connectivity index (χ1v) is 7.61. The van der Waals surface area contributed by atoms with Crippen molar-refractivity contribution in [1.82, 2.24) is 19.9 Å². The van der Waals surface area contributed by atoms with E-state index in [1.165, 1.54) is 19.3 Å². The zero-order valence-corrected chi connectivity index (χ0v) is 12.7. The van der Waals surface area contributed by atoms with Gasteiger partial charge < -0.3 is 9.88 Å². The minimum absolute atomic E-state index is 0.0371. The number of imidazole rings is 1. The largest absolute Gasteiger partial charge is 0.312 e. The van der Waals surface area contributed by atoms with Crippen LogP contribution in [0.25, 0.3) is 11.2 Å². The predicted octanol–water partition coefficient (Wildman–Crippen LogP) is 2.87. The third-order valence-electron chi connectivity index (χ3n) is 3.99. The fraction of sp³-hybridized carbons (Fsp3) is 0.625. The van der Waals surface area contributed by atoms with E-state index in [1.54, 1.807) is 0 Å². The summed E-state index contributed by atoms with van der Waals surface area (Å²) >= 11 is 0. The van der Waals surface area contributed by atoms with Crippen LogP contribution in [0.5, 0.6) is 0 Å². The molecule has 0 aromatic carbocycles. The van der Waals surface area contributed by atoms with Crippen molar-refractivity contribution in [2.24, 2.45) is 0 Å². The molecule has 1 fully saturated rings.